The Morgan fingerprint density at radius 2 is 1.16 bits per heavy atom. The Labute approximate surface area is 254 Å². The molecule has 0 saturated carbocycles. The van der Waals surface area contributed by atoms with Crippen molar-refractivity contribution >= 4 is 60.1 Å². The molecule has 0 fully saturated rings. The Hall–Kier alpha value is -5.85. The van der Waals surface area contributed by atoms with Gasteiger partial charge in [-0.25, -0.2) is 0 Å². The number of allylic oxidation sites excluding steroid dienone is 4. The molecule has 3 nitrogen and oxygen atoms in total. The summed E-state index contributed by atoms with van der Waals surface area (Å²) in [5.74, 6) is 0. The van der Waals surface area contributed by atoms with E-state index in [1.54, 1.807) is 0 Å². The van der Waals surface area contributed by atoms with Crippen LogP contribution in [-0.2, 0) is 0 Å². The lowest BCUT2D eigenvalue weighted by atomic mass is 10.00. The van der Waals surface area contributed by atoms with E-state index in [0.717, 1.165) is 18.4 Å². The van der Waals surface area contributed by atoms with Crippen molar-refractivity contribution in [1.29, 1.82) is 5.26 Å². The number of aromatic nitrogens is 2. The molecule has 206 valence electrons. The second kappa shape index (κ2) is 9.59. The zero-order valence-electron chi connectivity index (χ0n) is 24.0. The normalized spacial score (nSPS) is 13.5. The number of rotatable bonds is 3. The second-order valence-electron chi connectivity index (χ2n) is 11.6. The van der Waals surface area contributed by atoms with Gasteiger partial charge < -0.3 is 9.13 Å². The van der Waals surface area contributed by atoms with Gasteiger partial charge in [-0.3, -0.25) is 0 Å². The lowest BCUT2D eigenvalue weighted by Gasteiger charge is -2.15. The van der Waals surface area contributed by atoms with Gasteiger partial charge in [-0.15, -0.1) is 0 Å². The van der Waals surface area contributed by atoms with Crippen molar-refractivity contribution in [2.75, 3.05) is 0 Å². The number of hydrogen-bond acceptors (Lipinski definition) is 1. The van der Waals surface area contributed by atoms with Crippen molar-refractivity contribution in [3.63, 3.8) is 0 Å². The lowest BCUT2D eigenvalue weighted by Crippen LogP contribution is -2.00. The van der Waals surface area contributed by atoms with Crippen molar-refractivity contribution in [3.8, 4) is 22.9 Å². The Bertz CT molecular complexity index is 2550. The van der Waals surface area contributed by atoms with E-state index in [0.29, 0.717) is 0 Å². The maximum absolute atomic E-state index is 9.36. The average molecular weight is 562 g/mol. The molecular formula is C41H27N3. The van der Waals surface area contributed by atoms with Crippen LogP contribution in [0.1, 0.15) is 12.8 Å². The van der Waals surface area contributed by atoms with Crippen LogP contribution in [0.5, 0.6) is 0 Å². The third-order valence-electron chi connectivity index (χ3n) is 9.23. The van der Waals surface area contributed by atoms with Gasteiger partial charge in [-0.05, 0) is 84.0 Å². The molecule has 1 aliphatic carbocycles. The van der Waals surface area contributed by atoms with Gasteiger partial charge >= 0.3 is 0 Å². The summed E-state index contributed by atoms with van der Waals surface area (Å²) in [6.45, 7) is 0. The average Bonchev–Trinajstić information content (AvgIpc) is 3.61. The first-order valence-electron chi connectivity index (χ1n) is 15.1. The number of benzene rings is 6. The highest BCUT2D eigenvalue weighted by atomic mass is 15.0. The first-order chi connectivity index (χ1) is 21.8. The summed E-state index contributed by atoms with van der Waals surface area (Å²) in [7, 11) is 0. The van der Waals surface area contributed by atoms with E-state index in [4.69, 9.17) is 0 Å². The van der Waals surface area contributed by atoms with Crippen molar-refractivity contribution in [1.82, 2.24) is 9.13 Å². The fourth-order valence-electron chi connectivity index (χ4n) is 7.17. The van der Waals surface area contributed by atoms with E-state index < -0.39 is 0 Å². The molecule has 8 aromatic rings. The standard InChI is InChI=1S/C41H27N3/c42-26-27-14-19-32(20-15-27)43-38-13-7-6-12-34(38)36-24-29(17-22-39(36)43)30-18-23-40-37(25-30)35-21-16-28-8-4-5-11-33(28)41(35)44(40)31-9-2-1-3-10-31/h1-14,16-19,21-25H,15,20H2. The molecule has 0 unspecified atom stereocenters. The summed E-state index contributed by atoms with van der Waals surface area (Å²) in [6.07, 6.45) is 5.71. The van der Waals surface area contributed by atoms with Gasteiger partial charge in [-0.2, -0.15) is 5.26 Å². The SMILES string of the molecule is N#CC1=CC=C(n2c3ccccc3c3cc(-c4ccc5c(c4)c4ccc6ccccc6c4n5-c4ccccc4)ccc32)CC1. The first-order valence-corrected chi connectivity index (χ1v) is 15.1. The van der Waals surface area contributed by atoms with Crippen LogP contribution in [0.15, 0.2) is 145 Å². The summed E-state index contributed by atoms with van der Waals surface area (Å²) in [4.78, 5) is 0. The molecule has 0 aliphatic heterocycles. The zero-order chi connectivity index (χ0) is 29.2. The van der Waals surface area contributed by atoms with Crippen LogP contribution in [0, 0.1) is 11.3 Å². The quantitative estimate of drug-likeness (QED) is 0.211. The zero-order valence-corrected chi connectivity index (χ0v) is 24.0. The number of fused-ring (bicyclic) bond motifs is 8. The minimum absolute atomic E-state index is 0.778. The Morgan fingerprint density at radius 3 is 1.91 bits per heavy atom. The van der Waals surface area contributed by atoms with Gasteiger partial charge in [-0.1, -0.05) is 84.9 Å². The van der Waals surface area contributed by atoms with Crippen molar-refractivity contribution < 1.29 is 0 Å². The van der Waals surface area contributed by atoms with E-state index in [1.807, 2.05) is 6.08 Å². The molecule has 2 aromatic heterocycles. The molecule has 0 saturated heterocycles. The van der Waals surface area contributed by atoms with Gasteiger partial charge in [0.1, 0.15) is 0 Å². The van der Waals surface area contributed by atoms with Gasteiger partial charge in [0.2, 0.25) is 0 Å². The Balaban J connectivity index is 1.28. The predicted octanol–water partition coefficient (Wildman–Crippen LogP) is 10.8. The molecule has 9 rings (SSSR count). The van der Waals surface area contributed by atoms with Crippen molar-refractivity contribution in [2.24, 2.45) is 0 Å². The number of para-hydroxylation sites is 2. The lowest BCUT2D eigenvalue weighted by molar-refractivity contribution is 0.951. The maximum atomic E-state index is 9.36. The second-order valence-corrected chi connectivity index (χ2v) is 11.6. The molecule has 0 amide bonds. The molecule has 44 heavy (non-hydrogen) atoms. The number of nitrogens with zero attached hydrogens (tertiary/aromatic N) is 3. The fourth-order valence-corrected chi connectivity index (χ4v) is 7.17. The molecule has 0 spiro atoms. The molecule has 0 radical (unpaired) electrons. The molecule has 3 heteroatoms. The maximum Gasteiger partial charge on any atom is 0.0947 e. The molecule has 6 aromatic carbocycles. The summed E-state index contributed by atoms with van der Waals surface area (Å²) < 4.78 is 4.79. The summed E-state index contributed by atoms with van der Waals surface area (Å²) >= 11 is 0. The molecular weight excluding hydrogens is 534 g/mol. The van der Waals surface area contributed by atoms with Crippen LogP contribution in [0.25, 0.3) is 76.9 Å². The first kappa shape index (κ1) is 24.7. The minimum atomic E-state index is 0.778. The van der Waals surface area contributed by atoms with E-state index in [9.17, 15) is 5.26 Å². The van der Waals surface area contributed by atoms with Gasteiger partial charge in [0.05, 0.1) is 28.1 Å². The van der Waals surface area contributed by atoms with Gasteiger partial charge in [0.25, 0.3) is 0 Å². The molecule has 0 atom stereocenters. The van der Waals surface area contributed by atoms with Crippen LogP contribution in [0.2, 0.25) is 0 Å². The van der Waals surface area contributed by atoms with Gasteiger partial charge in [0, 0.05) is 43.9 Å². The van der Waals surface area contributed by atoms with Crippen LogP contribution in [0.3, 0.4) is 0 Å². The van der Waals surface area contributed by atoms with Crippen LogP contribution >= 0.6 is 0 Å². The predicted molar refractivity (Wildman–Crippen MR) is 184 cm³/mol. The minimum Gasteiger partial charge on any atom is -0.313 e. The number of hydrogen-bond donors (Lipinski definition) is 0. The number of nitriles is 1. The van der Waals surface area contributed by atoms with Crippen molar-refractivity contribution in [3.05, 3.63) is 145 Å². The highest BCUT2D eigenvalue weighted by Crippen LogP contribution is 2.40. The Kier molecular flexibility index (Phi) is 5.39. The smallest absolute Gasteiger partial charge is 0.0947 e. The van der Waals surface area contributed by atoms with E-state index in [2.05, 4.69) is 149 Å². The monoisotopic (exact) mass is 561 g/mol. The molecule has 0 N–H and O–H groups in total. The van der Waals surface area contributed by atoms with Crippen LogP contribution in [0.4, 0.5) is 0 Å². The van der Waals surface area contributed by atoms with E-state index >= 15 is 0 Å². The van der Waals surface area contributed by atoms with E-state index in [1.165, 1.54) is 76.9 Å². The highest BCUT2D eigenvalue weighted by Gasteiger charge is 2.18. The molecule has 0 bridgehead atoms. The van der Waals surface area contributed by atoms with Crippen molar-refractivity contribution in [2.45, 2.75) is 12.8 Å². The summed E-state index contributed by atoms with van der Waals surface area (Å²) in [5.41, 5.74) is 10.5. The third-order valence-corrected chi connectivity index (χ3v) is 9.23. The van der Waals surface area contributed by atoms with Crippen LogP contribution < -0.4 is 0 Å². The molecule has 1 aliphatic rings. The van der Waals surface area contributed by atoms with Crippen LogP contribution in [-0.4, -0.2) is 9.13 Å². The highest BCUT2D eigenvalue weighted by molar-refractivity contribution is 6.19. The largest absolute Gasteiger partial charge is 0.313 e. The van der Waals surface area contributed by atoms with E-state index in [-0.39, 0.29) is 0 Å². The summed E-state index contributed by atoms with van der Waals surface area (Å²) in [5, 5.41) is 16.9. The topological polar surface area (TPSA) is 33.6 Å². The summed E-state index contributed by atoms with van der Waals surface area (Å²) in [6, 6.07) is 48.6. The molecule has 2 heterocycles. The fraction of sp³-hybridized carbons (Fsp3) is 0.0488. The van der Waals surface area contributed by atoms with Gasteiger partial charge in [0.15, 0.2) is 0 Å². The Morgan fingerprint density at radius 1 is 0.500 bits per heavy atom. The third kappa shape index (κ3) is 3.62.